The normalized spacial score (nSPS) is 11.0. The van der Waals surface area contributed by atoms with Gasteiger partial charge in [-0.2, -0.15) is 0 Å². The van der Waals surface area contributed by atoms with E-state index in [0.29, 0.717) is 11.6 Å². The molecule has 1 amide bonds. The van der Waals surface area contributed by atoms with Crippen molar-refractivity contribution < 1.29 is 4.79 Å². The minimum absolute atomic E-state index is 0.110. The van der Waals surface area contributed by atoms with Crippen LogP contribution in [0.25, 0.3) is 11.3 Å². The van der Waals surface area contributed by atoms with Crippen LogP contribution in [-0.2, 0) is 18.3 Å². The lowest BCUT2D eigenvalue weighted by Gasteiger charge is -2.08. The summed E-state index contributed by atoms with van der Waals surface area (Å²) in [4.78, 5) is 17.1. The fourth-order valence-corrected chi connectivity index (χ4v) is 5.17. The number of hydrogen-bond acceptors (Lipinski definition) is 6. The molecule has 0 bridgehead atoms. The molecule has 2 aromatic heterocycles. The highest BCUT2D eigenvalue weighted by Gasteiger charge is 2.15. The Hall–Kier alpha value is -2.97. The molecule has 0 aliphatic rings. The second-order valence-electron chi connectivity index (χ2n) is 7.77. The van der Waals surface area contributed by atoms with Gasteiger partial charge in [0.15, 0.2) is 10.3 Å². The average molecular weight is 464 g/mol. The third kappa shape index (κ3) is 5.08. The van der Waals surface area contributed by atoms with E-state index in [1.54, 1.807) is 0 Å². The lowest BCUT2D eigenvalue weighted by atomic mass is 9.98. The number of carbonyl (C=O) groups excluding carboxylic acids is 1. The van der Waals surface area contributed by atoms with Crippen molar-refractivity contribution in [1.29, 1.82) is 0 Å². The topological polar surface area (TPSA) is 72.7 Å². The Balaban J connectivity index is 1.36. The lowest BCUT2D eigenvalue weighted by molar-refractivity contribution is -0.113. The van der Waals surface area contributed by atoms with Crippen LogP contribution in [0.5, 0.6) is 0 Å². The Morgan fingerprint density at radius 1 is 1.09 bits per heavy atom. The molecule has 0 aliphatic heterocycles. The first kappa shape index (κ1) is 22.2. The summed E-state index contributed by atoms with van der Waals surface area (Å²) in [6, 6.07) is 14.5. The van der Waals surface area contributed by atoms with Crippen LogP contribution in [-0.4, -0.2) is 31.4 Å². The van der Waals surface area contributed by atoms with Crippen LogP contribution in [0.4, 0.5) is 5.13 Å². The summed E-state index contributed by atoms with van der Waals surface area (Å²) in [6.45, 7) is 6.28. The van der Waals surface area contributed by atoms with Crippen LogP contribution in [0.1, 0.15) is 28.1 Å². The van der Waals surface area contributed by atoms with E-state index in [9.17, 15) is 4.79 Å². The van der Waals surface area contributed by atoms with Gasteiger partial charge in [-0.1, -0.05) is 59.8 Å². The van der Waals surface area contributed by atoms with Crippen LogP contribution in [0.2, 0.25) is 0 Å². The SMILES string of the molecule is Cc1cc(C)c(-c2csc(NC(=O)CSc3nnc(Cc4ccccc4)n3C)n2)c(C)c1. The number of carbonyl (C=O) groups is 1. The maximum atomic E-state index is 12.5. The third-order valence-corrected chi connectivity index (χ3v) is 6.92. The Morgan fingerprint density at radius 3 is 2.53 bits per heavy atom. The number of nitrogens with one attached hydrogen (secondary N) is 1. The number of aromatic nitrogens is 4. The van der Waals surface area contributed by atoms with Gasteiger partial charge >= 0.3 is 0 Å². The van der Waals surface area contributed by atoms with Crippen molar-refractivity contribution >= 4 is 34.1 Å². The van der Waals surface area contributed by atoms with Crippen molar-refractivity contribution in [3.63, 3.8) is 0 Å². The van der Waals surface area contributed by atoms with Crippen molar-refractivity contribution in [2.45, 2.75) is 32.3 Å². The summed E-state index contributed by atoms with van der Waals surface area (Å²) in [5.41, 5.74) is 6.82. The quantitative estimate of drug-likeness (QED) is 0.382. The summed E-state index contributed by atoms with van der Waals surface area (Å²) in [5.74, 6) is 1.00. The van der Waals surface area contributed by atoms with Gasteiger partial charge in [0.25, 0.3) is 0 Å². The zero-order valence-corrected chi connectivity index (χ0v) is 20.2. The van der Waals surface area contributed by atoms with Gasteiger partial charge in [-0.3, -0.25) is 4.79 Å². The summed E-state index contributed by atoms with van der Waals surface area (Å²) < 4.78 is 1.94. The van der Waals surface area contributed by atoms with E-state index in [-0.39, 0.29) is 11.7 Å². The highest BCUT2D eigenvalue weighted by atomic mass is 32.2. The first-order chi connectivity index (χ1) is 15.4. The summed E-state index contributed by atoms with van der Waals surface area (Å²) >= 11 is 2.81. The molecule has 2 heterocycles. The van der Waals surface area contributed by atoms with Crippen molar-refractivity contribution in [2.24, 2.45) is 7.05 Å². The molecule has 4 rings (SSSR count). The van der Waals surface area contributed by atoms with E-state index >= 15 is 0 Å². The number of benzene rings is 2. The highest BCUT2D eigenvalue weighted by Crippen LogP contribution is 2.31. The molecule has 0 saturated carbocycles. The molecule has 0 atom stereocenters. The van der Waals surface area contributed by atoms with Crippen LogP contribution in [0.3, 0.4) is 0 Å². The molecule has 2 aromatic carbocycles. The number of thioether (sulfide) groups is 1. The monoisotopic (exact) mass is 463 g/mol. The predicted octanol–water partition coefficient (Wildman–Crippen LogP) is 5.19. The number of hydrogen-bond donors (Lipinski definition) is 1. The average Bonchev–Trinajstić information content (AvgIpc) is 3.33. The van der Waals surface area contributed by atoms with Crippen molar-refractivity contribution in [3.05, 3.63) is 75.9 Å². The number of anilines is 1. The molecule has 4 aromatic rings. The van der Waals surface area contributed by atoms with E-state index < -0.39 is 0 Å². The van der Waals surface area contributed by atoms with Gasteiger partial charge in [0.1, 0.15) is 5.82 Å². The molecular formula is C24H25N5OS2. The smallest absolute Gasteiger partial charge is 0.236 e. The number of aryl methyl sites for hydroxylation is 3. The molecule has 164 valence electrons. The zero-order chi connectivity index (χ0) is 22.7. The lowest BCUT2D eigenvalue weighted by Crippen LogP contribution is -2.14. The Kier molecular flexibility index (Phi) is 6.72. The second kappa shape index (κ2) is 9.67. The molecule has 0 unspecified atom stereocenters. The van der Waals surface area contributed by atoms with Gasteiger partial charge in [-0.05, 0) is 37.5 Å². The van der Waals surface area contributed by atoms with Crippen LogP contribution >= 0.6 is 23.1 Å². The Morgan fingerprint density at radius 2 is 1.81 bits per heavy atom. The minimum atomic E-state index is -0.110. The minimum Gasteiger partial charge on any atom is -0.309 e. The van der Waals surface area contributed by atoms with Crippen LogP contribution < -0.4 is 5.32 Å². The molecular weight excluding hydrogens is 438 g/mol. The Labute approximate surface area is 196 Å². The molecule has 8 heteroatoms. The van der Waals surface area contributed by atoms with Crippen molar-refractivity contribution in [1.82, 2.24) is 19.7 Å². The van der Waals surface area contributed by atoms with E-state index in [4.69, 9.17) is 0 Å². The van der Waals surface area contributed by atoms with Crippen LogP contribution in [0.15, 0.2) is 53.0 Å². The van der Waals surface area contributed by atoms with Gasteiger partial charge in [-0.25, -0.2) is 4.98 Å². The largest absolute Gasteiger partial charge is 0.309 e. The summed E-state index contributed by atoms with van der Waals surface area (Å²) in [5, 5.41) is 14.8. The summed E-state index contributed by atoms with van der Waals surface area (Å²) in [7, 11) is 1.93. The number of rotatable bonds is 7. The third-order valence-electron chi connectivity index (χ3n) is 5.15. The van der Waals surface area contributed by atoms with E-state index in [1.165, 1.54) is 45.4 Å². The molecule has 0 spiro atoms. The van der Waals surface area contributed by atoms with Crippen molar-refractivity contribution in [2.75, 3.05) is 11.1 Å². The fourth-order valence-electron chi connectivity index (χ4n) is 3.72. The fraction of sp³-hybridized carbons (Fsp3) is 0.250. The van der Waals surface area contributed by atoms with Gasteiger partial charge in [-0.15, -0.1) is 21.5 Å². The first-order valence-corrected chi connectivity index (χ1v) is 12.2. The molecule has 0 fully saturated rings. The standard InChI is InChI=1S/C24H25N5OS2/c1-15-10-16(2)22(17(3)11-15)19-13-31-23(25-19)26-21(30)14-32-24-28-27-20(29(24)4)12-18-8-6-5-7-9-18/h5-11,13H,12,14H2,1-4H3,(H,25,26,30). The van der Waals surface area contributed by atoms with Gasteiger partial charge in [0.05, 0.1) is 11.4 Å². The van der Waals surface area contributed by atoms with Crippen molar-refractivity contribution in [3.8, 4) is 11.3 Å². The van der Waals surface area contributed by atoms with Gasteiger partial charge in [0.2, 0.25) is 5.91 Å². The Bertz CT molecular complexity index is 1220. The number of amides is 1. The predicted molar refractivity (Wildman–Crippen MR) is 131 cm³/mol. The van der Waals surface area contributed by atoms with Gasteiger partial charge < -0.3 is 9.88 Å². The van der Waals surface area contributed by atoms with E-state index in [2.05, 4.69) is 65.5 Å². The van der Waals surface area contributed by atoms with Crippen LogP contribution in [0, 0.1) is 20.8 Å². The molecule has 6 nitrogen and oxygen atoms in total. The maximum absolute atomic E-state index is 12.5. The second-order valence-corrected chi connectivity index (χ2v) is 9.57. The van der Waals surface area contributed by atoms with E-state index in [0.717, 1.165) is 22.2 Å². The summed E-state index contributed by atoms with van der Waals surface area (Å²) in [6.07, 6.45) is 0.705. The number of thiazole rings is 1. The molecule has 0 radical (unpaired) electrons. The molecule has 0 saturated heterocycles. The molecule has 1 N–H and O–H groups in total. The highest BCUT2D eigenvalue weighted by molar-refractivity contribution is 7.99. The first-order valence-electron chi connectivity index (χ1n) is 10.3. The maximum Gasteiger partial charge on any atom is 0.236 e. The molecule has 0 aliphatic carbocycles. The molecule has 32 heavy (non-hydrogen) atoms. The number of nitrogens with zero attached hydrogens (tertiary/aromatic N) is 4. The van der Waals surface area contributed by atoms with Gasteiger partial charge in [0, 0.05) is 24.4 Å². The van der Waals surface area contributed by atoms with E-state index in [1.807, 2.05) is 35.2 Å². The zero-order valence-electron chi connectivity index (χ0n) is 18.5.